The first-order valence-electron chi connectivity index (χ1n) is 2.61. The predicted molar refractivity (Wildman–Crippen MR) is 41.4 cm³/mol. The van der Waals surface area contributed by atoms with Gasteiger partial charge >= 0.3 is 0 Å². The molecule has 1 saturated heterocycles. The van der Waals surface area contributed by atoms with Crippen LogP contribution in [-0.2, 0) is 0 Å². The van der Waals surface area contributed by atoms with Crippen molar-refractivity contribution in [1.29, 1.82) is 0 Å². The number of thioether (sulfide) groups is 1. The Morgan fingerprint density at radius 1 is 1.50 bits per heavy atom. The molecular weight excluding hydrogens is 136 g/mol. The van der Waals surface area contributed by atoms with E-state index in [1.54, 1.807) is 0 Å². The van der Waals surface area contributed by atoms with E-state index in [0.717, 1.165) is 15.4 Å². The lowest BCUT2D eigenvalue weighted by atomic mass is 10.2. The fourth-order valence-electron chi connectivity index (χ4n) is 0.842. The van der Waals surface area contributed by atoms with Crippen LogP contribution in [-0.4, -0.2) is 10.5 Å². The van der Waals surface area contributed by atoms with Crippen LogP contribution in [0.25, 0.3) is 0 Å². The summed E-state index contributed by atoms with van der Waals surface area (Å²) in [5.74, 6) is 0. The zero-order valence-electron chi connectivity index (χ0n) is 4.24. The Labute approximate surface area is 58.5 Å². The maximum absolute atomic E-state index is 4.21. The lowest BCUT2D eigenvalue weighted by Crippen LogP contribution is -1.89. The molecule has 0 radical (unpaired) electrons. The molecular formula is C6H6S2. The summed E-state index contributed by atoms with van der Waals surface area (Å²) in [7, 11) is 0. The van der Waals surface area contributed by atoms with Crippen molar-refractivity contribution in [3.05, 3.63) is 23.1 Å². The third kappa shape index (κ3) is 0.720. The van der Waals surface area contributed by atoms with Crippen LogP contribution >= 0.6 is 24.4 Å². The van der Waals surface area contributed by atoms with Gasteiger partial charge in [-0.3, -0.25) is 0 Å². The number of fused-ring (bicyclic) bond motifs is 1. The van der Waals surface area contributed by atoms with E-state index in [-0.39, 0.29) is 0 Å². The van der Waals surface area contributed by atoms with E-state index in [0.29, 0.717) is 0 Å². The van der Waals surface area contributed by atoms with Crippen LogP contribution in [0.1, 0.15) is 0 Å². The van der Waals surface area contributed by atoms with Crippen LogP contribution in [0, 0.1) is 0 Å². The molecule has 2 rings (SSSR count). The van der Waals surface area contributed by atoms with Crippen LogP contribution < -0.4 is 0 Å². The summed E-state index contributed by atoms with van der Waals surface area (Å²) in [5, 5.41) is 1.57. The quantitative estimate of drug-likeness (QED) is 0.398. The van der Waals surface area contributed by atoms with E-state index < -0.39 is 0 Å². The highest BCUT2D eigenvalue weighted by Gasteiger charge is 2.35. The van der Waals surface area contributed by atoms with Crippen LogP contribution in [0.2, 0.25) is 0 Å². The molecule has 2 atom stereocenters. The third-order valence-corrected chi connectivity index (χ3v) is 2.85. The molecule has 0 aromatic rings. The molecule has 0 aromatic heterocycles. The smallest absolute Gasteiger partial charge is 0.0401 e. The summed E-state index contributed by atoms with van der Waals surface area (Å²) in [6.45, 7) is 0. The second kappa shape index (κ2) is 1.58. The standard InChI is InChI=1S/C6H6S2/c7-4-1-2-5-6(3-4)8-5/h1-3,5-7H. The van der Waals surface area contributed by atoms with Gasteiger partial charge in [0.1, 0.15) is 0 Å². The average Bonchev–Trinajstić information content (AvgIpc) is 2.43. The fourth-order valence-corrected chi connectivity index (χ4v) is 2.03. The molecule has 0 bridgehead atoms. The molecule has 2 heteroatoms. The molecule has 1 heterocycles. The maximum Gasteiger partial charge on any atom is 0.0401 e. The molecule has 0 N–H and O–H groups in total. The second-order valence-electron chi connectivity index (χ2n) is 2.02. The van der Waals surface area contributed by atoms with Gasteiger partial charge in [-0.1, -0.05) is 18.2 Å². The minimum Gasteiger partial charge on any atom is -0.144 e. The van der Waals surface area contributed by atoms with E-state index >= 15 is 0 Å². The van der Waals surface area contributed by atoms with Crippen molar-refractivity contribution in [3.63, 3.8) is 0 Å². The predicted octanol–water partition coefficient (Wildman–Crippen LogP) is 1.85. The van der Waals surface area contributed by atoms with E-state index in [1.165, 1.54) is 0 Å². The summed E-state index contributed by atoms with van der Waals surface area (Å²) >= 11 is 6.20. The van der Waals surface area contributed by atoms with Gasteiger partial charge in [-0.15, -0.1) is 24.4 Å². The maximum atomic E-state index is 4.21. The van der Waals surface area contributed by atoms with Crippen molar-refractivity contribution >= 4 is 24.4 Å². The minimum absolute atomic E-state index is 0.771. The van der Waals surface area contributed by atoms with Crippen molar-refractivity contribution in [1.82, 2.24) is 0 Å². The number of thiol groups is 1. The summed E-state index contributed by atoms with van der Waals surface area (Å²) in [4.78, 5) is 1.12. The molecule has 42 valence electrons. The highest BCUT2D eigenvalue weighted by atomic mass is 32.2. The Balaban J connectivity index is 2.28. The number of hydrogen-bond donors (Lipinski definition) is 1. The molecule has 1 aliphatic heterocycles. The van der Waals surface area contributed by atoms with Gasteiger partial charge in [-0.25, -0.2) is 0 Å². The molecule has 0 aromatic carbocycles. The van der Waals surface area contributed by atoms with E-state index in [1.807, 2.05) is 11.8 Å². The largest absolute Gasteiger partial charge is 0.144 e. The summed E-state index contributed by atoms with van der Waals surface area (Å²) < 4.78 is 0. The van der Waals surface area contributed by atoms with Gasteiger partial charge in [-0.05, 0) is 0 Å². The zero-order chi connectivity index (χ0) is 5.56. The lowest BCUT2D eigenvalue weighted by Gasteiger charge is -1.93. The SMILES string of the molecule is SC1=CC2SC2C=C1. The van der Waals surface area contributed by atoms with E-state index in [2.05, 4.69) is 30.9 Å². The first-order chi connectivity index (χ1) is 3.86. The van der Waals surface area contributed by atoms with E-state index in [9.17, 15) is 0 Å². The van der Waals surface area contributed by atoms with Crippen molar-refractivity contribution < 1.29 is 0 Å². The minimum atomic E-state index is 0.771. The van der Waals surface area contributed by atoms with Gasteiger partial charge in [0.2, 0.25) is 0 Å². The Bertz CT molecular complexity index is 169. The topological polar surface area (TPSA) is 0 Å². The van der Waals surface area contributed by atoms with Crippen LogP contribution in [0.15, 0.2) is 23.1 Å². The zero-order valence-corrected chi connectivity index (χ0v) is 5.95. The number of hydrogen-bond acceptors (Lipinski definition) is 2. The molecule has 0 nitrogen and oxygen atoms in total. The van der Waals surface area contributed by atoms with Gasteiger partial charge < -0.3 is 0 Å². The fraction of sp³-hybridized carbons (Fsp3) is 0.333. The molecule has 0 saturated carbocycles. The normalized spacial score (nSPS) is 40.9. The van der Waals surface area contributed by atoms with Crippen molar-refractivity contribution in [2.24, 2.45) is 0 Å². The average molecular weight is 142 g/mol. The highest BCUT2D eigenvalue weighted by Crippen LogP contribution is 2.46. The van der Waals surface area contributed by atoms with Crippen molar-refractivity contribution in [2.45, 2.75) is 10.5 Å². The van der Waals surface area contributed by atoms with Gasteiger partial charge in [-0.2, -0.15) is 0 Å². The van der Waals surface area contributed by atoms with Gasteiger partial charge in [0.15, 0.2) is 0 Å². The van der Waals surface area contributed by atoms with Gasteiger partial charge in [0.05, 0.1) is 0 Å². The van der Waals surface area contributed by atoms with Gasteiger partial charge in [0.25, 0.3) is 0 Å². The number of allylic oxidation sites excluding steroid dienone is 1. The van der Waals surface area contributed by atoms with Crippen molar-refractivity contribution in [3.8, 4) is 0 Å². The molecule has 0 amide bonds. The van der Waals surface area contributed by atoms with Crippen LogP contribution in [0.3, 0.4) is 0 Å². The molecule has 2 unspecified atom stereocenters. The first-order valence-corrected chi connectivity index (χ1v) is 4.00. The monoisotopic (exact) mass is 142 g/mol. The molecule has 0 spiro atoms. The molecule has 8 heavy (non-hydrogen) atoms. The molecule has 2 aliphatic rings. The van der Waals surface area contributed by atoms with Gasteiger partial charge in [0, 0.05) is 15.4 Å². The Hall–Kier alpha value is 0.180. The highest BCUT2D eigenvalue weighted by molar-refractivity contribution is 8.08. The molecule has 1 fully saturated rings. The first kappa shape index (κ1) is 5.00. The molecule has 1 aliphatic carbocycles. The van der Waals surface area contributed by atoms with Crippen LogP contribution in [0.5, 0.6) is 0 Å². The van der Waals surface area contributed by atoms with Crippen molar-refractivity contribution in [2.75, 3.05) is 0 Å². The van der Waals surface area contributed by atoms with E-state index in [4.69, 9.17) is 0 Å². The Morgan fingerprint density at radius 3 is 3.00 bits per heavy atom. The summed E-state index contributed by atoms with van der Waals surface area (Å²) in [6.07, 6.45) is 6.50. The Morgan fingerprint density at radius 2 is 2.38 bits per heavy atom. The third-order valence-electron chi connectivity index (χ3n) is 1.35. The summed E-state index contributed by atoms with van der Waals surface area (Å²) in [6, 6.07) is 0. The van der Waals surface area contributed by atoms with Crippen LogP contribution in [0.4, 0.5) is 0 Å². The summed E-state index contributed by atoms with van der Waals surface area (Å²) in [5.41, 5.74) is 0. The number of rotatable bonds is 0. The lowest BCUT2D eigenvalue weighted by molar-refractivity contribution is 1.21. The Kier molecular flexibility index (Phi) is 0.987. The second-order valence-corrected chi connectivity index (χ2v) is 3.89.